The first kappa shape index (κ1) is 18.3. The van der Waals surface area contributed by atoms with Crippen LogP contribution in [0.2, 0.25) is 0 Å². The topological polar surface area (TPSA) is 64.2 Å². The number of hydrogen-bond donors (Lipinski definition) is 1. The first-order chi connectivity index (χ1) is 13.7. The van der Waals surface area contributed by atoms with Crippen LogP contribution in [0.3, 0.4) is 0 Å². The SMILES string of the molecule is C[C@H](C(=O)OCc1ccccc1)c1ccc2c(c1)C(Cc1cnc[nH]1)CCO2. The Morgan fingerprint density at radius 2 is 2.14 bits per heavy atom. The van der Waals surface area contributed by atoms with E-state index in [9.17, 15) is 4.79 Å². The van der Waals surface area contributed by atoms with Gasteiger partial charge in [0.15, 0.2) is 0 Å². The summed E-state index contributed by atoms with van der Waals surface area (Å²) in [4.78, 5) is 19.8. The van der Waals surface area contributed by atoms with E-state index in [4.69, 9.17) is 9.47 Å². The summed E-state index contributed by atoms with van der Waals surface area (Å²) in [5, 5.41) is 0. The summed E-state index contributed by atoms with van der Waals surface area (Å²) in [6.07, 6.45) is 5.40. The zero-order valence-electron chi connectivity index (χ0n) is 15.9. The zero-order chi connectivity index (χ0) is 19.3. The van der Waals surface area contributed by atoms with Gasteiger partial charge in [-0.2, -0.15) is 0 Å². The van der Waals surface area contributed by atoms with E-state index >= 15 is 0 Å². The Bertz CT molecular complexity index is 922. The Hall–Kier alpha value is -3.08. The van der Waals surface area contributed by atoms with Gasteiger partial charge in [0, 0.05) is 11.9 Å². The van der Waals surface area contributed by atoms with Gasteiger partial charge in [-0.25, -0.2) is 4.98 Å². The van der Waals surface area contributed by atoms with Crippen LogP contribution in [0.5, 0.6) is 5.75 Å². The maximum atomic E-state index is 12.6. The van der Waals surface area contributed by atoms with Crippen LogP contribution in [-0.2, 0) is 22.6 Å². The van der Waals surface area contributed by atoms with Gasteiger partial charge >= 0.3 is 5.97 Å². The van der Waals surface area contributed by atoms with Gasteiger partial charge in [0.2, 0.25) is 0 Å². The summed E-state index contributed by atoms with van der Waals surface area (Å²) in [5.74, 6) is 0.704. The van der Waals surface area contributed by atoms with Crippen LogP contribution in [0.15, 0.2) is 61.1 Å². The van der Waals surface area contributed by atoms with Crippen molar-refractivity contribution in [3.05, 3.63) is 83.4 Å². The second kappa shape index (κ2) is 8.30. The van der Waals surface area contributed by atoms with Gasteiger partial charge < -0.3 is 14.5 Å². The smallest absolute Gasteiger partial charge is 0.313 e. The molecule has 0 saturated carbocycles. The standard InChI is InChI=1S/C23H24N2O3/c1-16(23(26)28-14-17-5-3-2-4-6-17)18-7-8-22-21(12-18)19(9-10-27-22)11-20-13-24-15-25-20/h2-8,12-13,15-16,19H,9-11,14H2,1H3,(H,24,25)/t16-,19?/m0/s1. The minimum absolute atomic E-state index is 0.217. The molecule has 1 aliphatic rings. The summed E-state index contributed by atoms with van der Waals surface area (Å²) >= 11 is 0. The number of carbonyl (C=O) groups excluding carboxylic acids is 1. The number of fused-ring (bicyclic) bond motifs is 1. The molecule has 144 valence electrons. The molecule has 1 N–H and O–H groups in total. The molecule has 4 rings (SSSR count). The van der Waals surface area contributed by atoms with Gasteiger partial charge in [0.05, 0.1) is 18.9 Å². The van der Waals surface area contributed by atoms with Gasteiger partial charge in [0.25, 0.3) is 0 Å². The largest absolute Gasteiger partial charge is 0.493 e. The minimum atomic E-state index is -0.330. The fourth-order valence-electron chi connectivity index (χ4n) is 3.62. The molecule has 1 aromatic heterocycles. The third-order valence-electron chi connectivity index (χ3n) is 5.30. The van der Waals surface area contributed by atoms with E-state index in [0.717, 1.165) is 41.0 Å². The molecule has 2 heterocycles. The highest BCUT2D eigenvalue weighted by molar-refractivity contribution is 5.78. The van der Waals surface area contributed by atoms with Gasteiger partial charge in [0.1, 0.15) is 12.4 Å². The summed E-state index contributed by atoms with van der Waals surface area (Å²) in [6, 6.07) is 15.8. The Labute approximate surface area is 164 Å². The predicted octanol–water partition coefficient (Wildman–Crippen LogP) is 4.37. The monoisotopic (exact) mass is 376 g/mol. The van der Waals surface area contributed by atoms with E-state index < -0.39 is 0 Å². The van der Waals surface area contributed by atoms with E-state index in [-0.39, 0.29) is 11.9 Å². The van der Waals surface area contributed by atoms with Gasteiger partial charge in [-0.1, -0.05) is 42.5 Å². The molecule has 0 fully saturated rings. The molecule has 3 aromatic rings. The number of nitrogens with zero attached hydrogens (tertiary/aromatic N) is 1. The summed E-state index contributed by atoms with van der Waals surface area (Å²) < 4.78 is 11.3. The Kier molecular flexibility index (Phi) is 5.42. The number of nitrogens with one attached hydrogen (secondary N) is 1. The number of aromatic nitrogens is 2. The molecule has 2 atom stereocenters. The predicted molar refractivity (Wildman–Crippen MR) is 106 cm³/mol. The molecule has 5 heteroatoms. The number of rotatable bonds is 6. The van der Waals surface area contributed by atoms with E-state index in [1.165, 1.54) is 0 Å². The normalized spacial score (nSPS) is 16.7. The van der Waals surface area contributed by atoms with Gasteiger partial charge in [-0.05, 0) is 48.4 Å². The van der Waals surface area contributed by atoms with E-state index in [1.807, 2.05) is 55.6 Å². The van der Waals surface area contributed by atoms with Crippen molar-refractivity contribution in [2.45, 2.75) is 38.2 Å². The average molecular weight is 376 g/mol. The number of ether oxygens (including phenoxy) is 2. The first-order valence-corrected chi connectivity index (χ1v) is 9.65. The van der Waals surface area contributed by atoms with Crippen molar-refractivity contribution in [3.8, 4) is 5.75 Å². The second-order valence-corrected chi connectivity index (χ2v) is 7.23. The number of esters is 1. The molecule has 0 radical (unpaired) electrons. The fraction of sp³-hybridized carbons (Fsp3) is 0.304. The van der Waals surface area contributed by atoms with Crippen molar-refractivity contribution < 1.29 is 14.3 Å². The van der Waals surface area contributed by atoms with Crippen molar-refractivity contribution in [1.29, 1.82) is 0 Å². The third-order valence-corrected chi connectivity index (χ3v) is 5.30. The lowest BCUT2D eigenvalue weighted by atomic mass is 9.86. The number of H-pyrrole nitrogens is 1. The molecule has 0 amide bonds. The molecule has 1 unspecified atom stereocenters. The number of hydrogen-bond acceptors (Lipinski definition) is 4. The van der Waals surface area contributed by atoms with Crippen LogP contribution in [-0.4, -0.2) is 22.5 Å². The van der Waals surface area contributed by atoms with E-state index in [0.29, 0.717) is 19.1 Å². The van der Waals surface area contributed by atoms with Gasteiger partial charge in [-0.15, -0.1) is 0 Å². The molecule has 1 aliphatic heterocycles. The Morgan fingerprint density at radius 1 is 1.29 bits per heavy atom. The highest BCUT2D eigenvalue weighted by atomic mass is 16.5. The minimum Gasteiger partial charge on any atom is -0.493 e. The maximum absolute atomic E-state index is 12.6. The van der Waals surface area contributed by atoms with Crippen LogP contribution in [0, 0.1) is 0 Å². The molecular formula is C23H24N2O3. The third kappa shape index (κ3) is 4.09. The highest BCUT2D eigenvalue weighted by Gasteiger charge is 2.25. The van der Waals surface area contributed by atoms with Gasteiger partial charge in [-0.3, -0.25) is 4.79 Å². The van der Waals surface area contributed by atoms with E-state index in [1.54, 1.807) is 6.33 Å². The van der Waals surface area contributed by atoms with Crippen LogP contribution in [0.4, 0.5) is 0 Å². The molecule has 28 heavy (non-hydrogen) atoms. The van der Waals surface area contributed by atoms with Crippen LogP contribution >= 0.6 is 0 Å². The molecule has 0 bridgehead atoms. The van der Waals surface area contributed by atoms with Crippen molar-refractivity contribution in [3.63, 3.8) is 0 Å². The first-order valence-electron chi connectivity index (χ1n) is 9.65. The number of carbonyl (C=O) groups is 1. The number of aromatic amines is 1. The Morgan fingerprint density at radius 3 is 2.93 bits per heavy atom. The van der Waals surface area contributed by atoms with Crippen LogP contribution in [0.25, 0.3) is 0 Å². The molecule has 0 aliphatic carbocycles. The highest BCUT2D eigenvalue weighted by Crippen LogP contribution is 2.37. The fourth-order valence-corrected chi connectivity index (χ4v) is 3.62. The van der Waals surface area contributed by atoms with Crippen molar-refractivity contribution in [2.24, 2.45) is 0 Å². The molecule has 0 saturated heterocycles. The summed E-state index contributed by atoms with van der Waals surface area (Å²) in [6.45, 7) is 2.89. The van der Waals surface area contributed by atoms with Crippen LogP contribution < -0.4 is 4.74 Å². The number of benzene rings is 2. The maximum Gasteiger partial charge on any atom is 0.313 e. The quantitative estimate of drug-likeness (QED) is 0.649. The van der Waals surface area contributed by atoms with E-state index in [2.05, 4.69) is 16.0 Å². The molecular weight excluding hydrogens is 352 g/mol. The van der Waals surface area contributed by atoms with Crippen LogP contribution in [0.1, 0.15) is 47.6 Å². The number of imidazole rings is 1. The molecule has 5 nitrogen and oxygen atoms in total. The molecule has 2 aromatic carbocycles. The van der Waals surface area contributed by atoms with Crippen molar-refractivity contribution in [2.75, 3.05) is 6.61 Å². The lowest BCUT2D eigenvalue weighted by molar-refractivity contribution is -0.146. The summed E-state index contributed by atoms with van der Waals surface area (Å²) in [7, 11) is 0. The lowest BCUT2D eigenvalue weighted by Crippen LogP contribution is -2.18. The van der Waals surface area contributed by atoms with Crippen molar-refractivity contribution in [1.82, 2.24) is 9.97 Å². The average Bonchev–Trinajstić information content (AvgIpc) is 3.25. The summed E-state index contributed by atoms with van der Waals surface area (Å²) in [5.41, 5.74) is 4.21. The molecule has 0 spiro atoms. The van der Waals surface area contributed by atoms with Crippen molar-refractivity contribution >= 4 is 5.97 Å². The Balaban J connectivity index is 1.48. The second-order valence-electron chi connectivity index (χ2n) is 7.23. The zero-order valence-corrected chi connectivity index (χ0v) is 15.9. The lowest BCUT2D eigenvalue weighted by Gasteiger charge is -2.27.